The predicted molar refractivity (Wildman–Crippen MR) is 79.5 cm³/mol. The lowest BCUT2D eigenvalue weighted by atomic mass is 10.3. The van der Waals surface area contributed by atoms with Gasteiger partial charge in [0.2, 0.25) is 11.8 Å². The fraction of sp³-hybridized carbons (Fsp3) is 0.333. The second-order valence-corrected chi connectivity index (χ2v) is 4.90. The molecule has 0 saturated carbocycles. The molecule has 0 unspecified atom stereocenters. The molecule has 2 rings (SSSR count). The maximum Gasteiger partial charge on any atom is 0.423 e. The smallest absolute Gasteiger partial charge is 0.423 e. The molecule has 1 heterocycles. The van der Waals surface area contributed by atoms with Crippen molar-refractivity contribution in [2.75, 3.05) is 18.5 Å². The first kappa shape index (κ1) is 19.6. The standard InChI is InChI=1S/C15H13F6N3O2/c1-2-25-10-5-3-4-9(6-10)23-13-22-7-11(15(19,20)21)12(24-13)26-8-14(16,17)18/h3-7H,2,8H2,1H3,(H,22,23,24). The van der Waals surface area contributed by atoms with Crippen molar-refractivity contribution in [1.82, 2.24) is 9.97 Å². The number of rotatable bonds is 6. The molecule has 2 aromatic rings. The van der Waals surface area contributed by atoms with Gasteiger partial charge >= 0.3 is 12.4 Å². The van der Waals surface area contributed by atoms with Crippen molar-refractivity contribution in [3.05, 3.63) is 36.0 Å². The van der Waals surface area contributed by atoms with Crippen LogP contribution in [0.25, 0.3) is 0 Å². The molecular weight excluding hydrogens is 368 g/mol. The van der Waals surface area contributed by atoms with Crippen LogP contribution >= 0.6 is 0 Å². The Labute approximate surface area is 144 Å². The first-order valence-electron chi connectivity index (χ1n) is 7.22. The van der Waals surface area contributed by atoms with Crippen molar-refractivity contribution < 1.29 is 35.8 Å². The van der Waals surface area contributed by atoms with Gasteiger partial charge in [-0.1, -0.05) is 6.07 Å². The van der Waals surface area contributed by atoms with Gasteiger partial charge in [-0.05, 0) is 19.1 Å². The molecule has 1 N–H and O–H groups in total. The van der Waals surface area contributed by atoms with E-state index in [0.717, 1.165) is 0 Å². The van der Waals surface area contributed by atoms with Crippen LogP contribution in [0.1, 0.15) is 12.5 Å². The third-order valence-corrected chi connectivity index (χ3v) is 2.83. The minimum Gasteiger partial charge on any atom is -0.494 e. The summed E-state index contributed by atoms with van der Waals surface area (Å²) in [4.78, 5) is 6.88. The molecule has 1 aromatic carbocycles. The van der Waals surface area contributed by atoms with Gasteiger partial charge in [0.05, 0.1) is 6.61 Å². The summed E-state index contributed by atoms with van der Waals surface area (Å²) in [5.74, 6) is -1.09. The molecule has 11 heteroatoms. The zero-order valence-electron chi connectivity index (χ0n) is 13.3. The van der Waals surface area contributed by atoms with Crippen molar-refractivity contribution in [3.63, 3.8) is 0 Å². The zero-order valence-corrected chi connectivity index (χ0v) is 13.3. The third-order valence-electron chi connectivity index (χ3n) is 2.83. The summed E-state index contributed by atoms with van der Waals surface area (Å²) in [6.45, 7) is 0.255. The van der Waals surface area contributed by atoms with Crippen LogP contribution in [0, 0.1) is 0 Å². The molecule has 0 spiro atoms. The second-order valence-electron chi connectivity index (χ2n) is 4.90. The molecule has 0 radical (unpaired) electrons. The van der Waals surface area contributed by atoms with Crippen LogP contribution in [0.5, 0.6) is 11.6 Å². The average molecular weight is 381 g/mol. The van der Waals surface area contributed by atoms with E-state index in [1.54, 1.807) is 25.1 Å². The van der Waals surface area contributed by atoms with E-state index in [9.17, 15) is 26.3 Å². The van der Waals surface area contributed by atoms with Crippen LogP contribution in [0.2, 0.25) is 0 Å². The van der Waals surface area contributed by atoms with E-state index < -0.39 is 30.4 Å². The third kappa shape index (κ3) is 5.67. The summed E-state index contributed by atoms with van der Waals surface area (Å²) in [6, 6.07) is 6.35. The highest BCUT2D eigenvalue weighted by Gasteiger charge is 2.38. The number of ether oxygens (including phenoxy) is 2. The summed E-state index contributed by atoms with van der Waals surface area (Å²) in [6.07, 6.45) is -9.42. The Morgan fingerprint density at radius 3 is 2.42 bits per heavy atom. The van der Waals surface area contributed by atoms with Crippen molar-refractivity contribution >= 4 is 11.6 Å². The Bertz CT molecular complexity index is 749. The maximum absolute atomic E-state index is 12.9. The monoisotopic (exact) mass is 381 g/mol. The van der Waals surface area contributed by atoms with Gasteiger partial charge in [0.15, 0.2) is 6.61 Å². The van der Waals surface area contributed by atoms with E-state index in [-0.39, 0.29) is 5.95 Å². The Hall–Kier alpha value is -2.72. The number of nitrogens with one attached hydrogen (secondary N) is 1. The van der Waals surface area contributed by atoms with Crippen LogP contribution in [0.3, 0.4) is 0 Å². The Balaban J connectivity index is 2.28. The number of aromatic nitrogens is 2. The fourth-order valence-electron chi connectivity index (χ4n) is 1.84. The van der Waals surface area contributed by atoms with Gasteiger partial charge in [-0.25, -0.2) is 4.98 Å². The molecule has 5 nitrogen and oxygen atoms in total. The molecule has 0 fully saturated rings. The van der Waals surface area contributed by atoms with Gasteiger partial charge < -0.3 is 14.8 Å². The first-order chi connectivity index (χ1) is 12.1. The van der Waals surface area contributed by atoms with Crippen LogP contribution in [0.15, 0.2) is 30.5 Å². The van der Waals surface area contributed by atoms with Crippen LogP contribution in [-0.4, -0.2) is 29.4 Å². The molecule has 1 aromatic heterocycles. The average Bonchev–Trinajstić information content (AvgIpc) is 2.52. The highest BCUT2D eigenvalue weighted by atomic mass is 19.4. The topological polar surface area (TPSA) is 56.3 Å². The fourth-order valence-corrected chi connectivity index (χ4v) is 1.84. The number of alkyl halides is 6. The van der Waals surface area contributed by atoms with Crippen molar-refractivity contribution in [1.29, 1.82) is 0 Å². The number of nitrogens with zero attached hydrogens (tertiary/aromatic N) is 2. The Kier molecular flexibility index (Phi) is 5.78. The van der Waals surface area contributed by atoms with Gasteiger partial charge in [-0.3, -0.25) is 0 Å². The summed E-state index contributed by atoms with van der Waals surface area (Å²) < 4.78 is 84.9. The molecule has 0 atom stereocenters. The van der Waals surface area contributed by atoms with E-state index in [0.29, 0.717) is 24.2 Å². The van der Waals surface area contributed by atoms with E-state index in [1.807, 2.05) is 0 Å². The maximum atomic E-state index is 12.9. The Morgan fingerprint density at radius 2 is 1.81 bits per heavy atom. The molecular formula is C15H13F6N3O2. The number of hydrogen-bond donors (Lipinski definition) is 1. The van der Waals surface area contributed by atoms with Crippen molar-refractivity contribution in [3.8, 4) is 11.6 Å². The van der Waals surface area contributed by atoms with Gasteiger partial charge in [-0.15, -0.1) is 0 Å². The first-order valence-corrected chi connectivity index (χ1v) is 7.22. The normalized spacial score (nSPS) is 12.0. The second kappa shape index (κ2) is 7.67. The van der Waals surface area contributed by atoms with Crippen molar-refractivity contribution in [2.24, 2.45) is 0 Å². The van der Waals surface area contributed by atoms with E-state index in [1.165, 1.54) is 6.07 Å². The Morgan fingerprint density at radius 1 is 1.08 bits per heavy atom. The minimum absolute atomic E-state index is 0.355. The summed E-state index contributed by atoms with van der Waals surface area (Å²) in [7, 11) is 0. The highest BCUT2D eigenvalue weighted by Crippen LogP contribution is 2.36. The molecule has 0 aliphatic heterocycles. The van der Waals surface area contributed by atoms with Crippen LogP contribution < -0.4 is 14.8 Å². The molecule has 142 valence electrons. The number of hydrogen-bond acceptors (Lipinski definition) is 5. The lowest BCUT2D eigenvalue weighted by Crippen LogP contribution is -2.22. The minimum atomic E-state index is -4.96. The van der Waals surface area contributed by atoms with Gasteiger partial charge in [0, 0.05) is 18.0 Å². The van der Waals surface area contributed by atoms with Gasteiger partial charge in [0.1, 0.15) is 11.3 Å². The summed E-state index contributed by atoms with van der Waals surface area (Å²) in [5.41, 5.74) is -1.13. The molecule has 0 amide bonds. The number of benzene rings is 1. The molecule has 0 saturated heterocycles. The molecule has 0 aliphatic rings. The zero-order chi connectivity index (χ0) is 19.4. The van der Waals surface area contributed by atoms with Crippen LogP contribution in [-0.2, 0) is 6.18 Å². The number of halogens is 6. The van der Waals surface area contributed by atoms with E-state index in [4.69, 9.17) is 4.74 Å². The van der Waals surface area contributed by atoms with Gasteiger partial charge in [0.25, 0.3) is 0 Å². The lowest BCUT2D eigenvalue weighted by molar-refractivity contribution is -0.159. The quantitative estimate of drug-likeness (QED) is 0.743. The highest BCUT2D eigenvalue weighted by molar-refractivity contribution is 5.56. The number of anilines is 2. The molecule has 0 bridgehead atoms. The molecule has 0 aliphatic carbocycles. The summed E-state index contributed by atoms with van der Waals surface area (Å²) in [5, 5.41) is 2.59. The predicted octanol–water partition coefficient (Wildman–Crippen LogP) is 4.58. The van der Waals surface area contributed by atoms with Gasteiger partial charge in [-0.2, -0.15) is 31.3 Å². The van der Waals surface area contributed by atoms with E-state index in [2.05, 4.69) is 20.0 Å². The van der Waals surface area contributed by atoms with Crippen molar-refractivity contribution in [2.45, 2.75) is 19.3 Å². The SMILES string of the molecule is CCOc1cccc(Nc2ncc(C(F)(F)F)c(OCC(F)(F)F)n2)c1. The molecule has 26 heavy (non-hydrogen) atoms. The lowest BCUT2D eigenvalue weighted by Gasteiger charge is -2.15. The summed E-state index contributed by atoms with van der Waals surface area (Å²) >= 11 is 0. The van der Waals surface area contributed by atoms with Crippen LogP contribution in [0.4, 0.5) is 38.0 Å². The largest absolute Gasteiger partial charge is 0.494 e. The van der Waals surface area contributed by atoms with E-state index >= 15 is 0 Å².